The quantitative estimate of drug-likeness (QED) is 0.693. The van der Waals surface area contributed by atoms with Crippen LogP contribution in [0, 0.1) is 0 Å². The molecule has 116 valence electrons. The lowest BCUT2D eigenvalue weighted by Crippen LogP contribution is -2.42. The predicted octanol–water partition coefficient (Wildman–Crippen LogP) is 1.37. The van der Waals surface area contributed by atoms with Crippen LogP contribution in [0.25, 0.3) is 0 Å². The Bertz CT molecular complexity index is 310. The molecule has 1 heterocycles. The van der Waals surface area contributed by atoms with Gasteiger partial charge >= 0.3 is 12.0 Å². The summed E-state index contributed by atoms with van der Waals surface area (Å²) in [6.07, 6.45) is 5.42. The number of hydrogen-bond acceptors (Lipinski definition) is 3. The summed E-state index contributed by atoms with van der Waals surface area (Å²) in [6.45, 7) is 5.65. The van der Waals surface area contributed by atoms with Crippen molar-refractivity contribution in [3.8, 4) is 0 Å². The van der Waals surface area contributed by atoms with Gasteiger partial charge in [0.1, 0.15) is 0 Å². The number of nitrogens with zero attached hydrogens (tertiary/aromatic N) is 2. The van der Waals surface area contributed by atoms with Gasteiger partial charge in [0.15, 0.2) is 0 Å². The maximum Gasteiger partial charge on any atom is 0.317 e. The summed E-state index contributed by atoms with van der Waals surface area (Å²) in [7, 11) is 0. The van der Waals surface area contributed by atoms with Crippen LogP contribution >= 0.6 is 0 Å². The molecule has 0 radical (unpaired) electrons. The van der Waals surface area contributed by atoms with Crippen LogP contribution in [-0.4, -0.2) is 66.2 Å². The van der Waals surface area contributed by atoms with Gasteiger partial charge in [-0.15, -0.1) is 0 Å². The lowest BCUT2D eigenvalue weighted by atomic mass is 10.2. The number of carbonyl (C=O) groups is 2. The second-order valence-electron chi connectivity index (χ2n) is 5.30. The third kappa shape index (κ3) is 6.75. The Hall–Kier alpha value is -1.30. The van der Waals surface area contributed by atoms with Crippen molar-refractivity contribution < 1.29 is 14.7 Å². The third-order valence-electron chi connectivity index (χ3n) is 3.54. The first-order valence-electron chi connectivity index (χ1n) is 7.60. The van der Waals surface area contributed by atoms with Gasteiger partial charge in [0, 0.05) is 32.7 Å². The minimum atomic E-state index is -0.807. The average molecular weight is 285 g/mol. The first kappa shape index (κ1) is 16.8. The van der Waals surface area contributed by atoms with E-state index in [1.54, 1.807) is 4.90 Å². The summed E-state index contributed by atoms with van der Waals surface area (Å²) in [5.41, 5.74) is 0. The Balaban J connectivity index is 2.22. The zero-order valence-electron chi connectivity index (χ0n) is 12.4. The number of aliphatic carboxylic acids is 1. The molecule has 1 rings (SSSR count). The number of carboxylic acids is 1. The van der Waals surface area contributed by atoms with Crippen molar-refractivity contribution in [1.82, 2.24) is 15.1 Å². The molecule has 0 atom stereocenters. The largest absolute Gasteiger partial charge is 0.480 e. The van der Waals surface area contributed by atoms with Gasteiger partial charge in [0.2, 0.25) is 0 Å². The number of amides is 2. The van der Waals surface area contributed by atoms with Crippen molar-refractivity contribution in [3.63, 3.8) is 0 Å². The number of carbonyl (C=O) groups excluding carboxylic acids is 1. The molecule has 0 aromatic carbocycles. The maximum atomic E-state index is 12.0. The summed E-state index contributed by atoms with van der Waals surface area (Å²) in [5.74, 6) is -0.807. The molecule has 20 heavy (non-hydrogen) atoms. The molecule has 0 aromatic heterocycles. The molecule has 1 fully saturated rings. The molecule has 0 aliphatic carbocycles. The number of carboxylic acid groups (broad SMARTS) is 1. The van der Waals surface area contributed by atoms with Gasteiger partial charge in [-0.25, -0.2) is 4.79 Å². The third-order valence-corrected chi connectivity index (χ3v) is 3.54. The van der Waals surface area contributed by atoms with Gasteiger partial charge in [-0.3, -0.25) is 9.69 Å². The van der Waals surface area contributed by atoms with Crippen LogP contribution in [0.3, 0.4) is 0 Å². The maximum absolute atomic E-state index is 12.0. The van der Waals surface area contributed by atoms with E-state index in [0.29, 0.717) is 19.6 Å². The normalized spacial score (nSPS) is 16.8. The summed E-state index contributed by atoms with van der Waals surface area (Å²) < 4.78 is 0. The van der Waals surface area contributed by atoms with Gasteiger partial charge in [-0.1, -0.05) is 26.2 Å². The summed E-state index contributed by atoms with van der Waals surface area (Å²) >= 11 is 0. The van der Waals surface area contributed by atoms with Gasteiger partial charge in [0.25, 0.3) is 0 Å². The zero-order chi connectivity index (χ0) is 14.8. The minimum Gasteiger partial charge on any atom is -0.480 e. The Morgan fingerprint density at radius 1 is 1.10 bits per heavy atom. The van der Waals surface area contributed by atoms with Gasteiger partial charge < -0.3 is 15.3 Å². The fraction of sp³-hybridized carbons (Fsp3) is 0.857. The summed E-state index contributed by atoms with van der Waals surface area (Å²) in [6, 6.07) is -0.0151. The van der Waals surface area contributed by atoms with Crippen molar-refractivity contribution >= 4 is 12.0 Å². The minimum absolute atomic E-state index is 0.0151. The van der Waals surface area contributed by atoms with Crippen LogP contribution in [0.4, 0.5) is 4.79 Å². The molecular weight excluding hydrogens is 258 g/mol. The van der Waals surface area contributed by atoms with Crippen molar-refractivity contribution in [3.05, 3.63) is 0 Å². The van der Waals surface area contributed by atoms with Crippen LogP contribution in [0.1, 0.15) is 39.0 Å². The molecule has 6 heteroatoms. The summed E-state index contributed by atoms with van der Waals surface area (Å²) in [4.78, 5) is 26.4. The van der Waals surface area contributed by atoms with Gasteiger partial charge in [-0.2, -0.15) is 0 Å². The SMILES string of the molecule is CCCCCCNC(=O)N1CCCN(CC(=O)O)CC1. The fourth-order valence-electron chi connectivity index (χ4n) is 2.38. The molecule has 0 aromatic rings. The number of rotatable bonds is 7. The Morgan fingerprint density at radius 2 is 1.90 bits per heavy atom. The van der Waals surface area contributed by atoms with Crippen LogP contribution < -0.4 is 5.32 Å². The van der Waals surface area contributed by atoms with E-state index in [2.05, 4.69) is 12.2 Å². The predicted molar refractivity (Wildman–Crippen MR) is 77.8 cm³/mol. The second kappa shape index (κ2) is 9.58. The van der Waals surface area contributed by atoms with E-state index in [1.807, 2.05) is 4.90 Å². The smallest absolute Gasteiger partial charge is 0.317 e. The topological polar surface area (TPSA) is 72.9 Å². The molecule has 1 aliphatic heterocycles. The second-order valence-corrected chi connectivity index (χ2v) is 5.30. The highest BCUT2D eigenvalue weighted by atomic mass is 16.4. The van der Waals surface area contributed by atoms with Crippen LogP contribution in [0.2, 0.25) is 0 Å². The molecule has 0 unspecified atom stereocenters. The lowest BCUT2D eigenvalue weighted by Gasteiger charge is -2.21. The molecule has 1 aliphatic rings. The van der Waals surface area contributed by atoms with E-state index >= 15 is 0 Å². The van der Waals surface area contributed by atoms with E-state index in [-0.39, 0.29) is 12.6 Å². The molecule has 0 spiro atoms. The number of nitrogens with one attached hydrogen (secondary N) is 1. The van der Waals surface area contributed by atoms with Gasteiger partial charge in [-0.05, 0) is 12.8 Å². The average Bonchev–Trinajstić information content (AvgIpc) is 2.63. The monoisotopic (exact) mass is 285 g/mol. The Labute approximate surface area is 121 Å². The van der Waals surface area contributed by atoms with E-state index in [4.69, 9.17) is 5.11 Å². The Morgan fingerprint density at radius 3 is 2.60 bits per heavy atom. The van der Waals surface area contributed by atoms with Crippen molar-refractivity contribution in [2.24, 2.45) is 0 Å². The van der Waals surface area contributed by atoms with E-state index in [1.165, 1.54) is 12.8 Å². The van der Waals surface area contributed by atoms with Gasteiger partial charge in [0.05, 0.1) is 6.54 Å². The van der Waals surface area contributed by atoms with Crippen molar-refractivity contribution in [1.29, 1.82) is 0 Å². The molecule has 2 amide bonds. The van der Waals surface area contributed by atoms with Crippen molar-refractivity contribution in [2.75, 3.05) is 39.3 Å². The Kier molecular flexibility index (Phi) is 8.02. The molecule has 1 saturated heterocycles. The standard InChI is InChI=1S/C14H27N3O3/c1-2-3-4-5-7-15-14(20)17-9-6-8-16(10-11-17)12-13(18)19/h2-12H2,1H3,(H,15,20)(H,18,19). The number of hydrogen-bond donors (Lipinski definition) is 2. The molecular formula is C14H27N3O3. The van der Waals surface area contributed by atoms with Crippen LogP contribution in [0.5, 0.6) is 0 Å². The number of unbranched alkanes of at least 4 members (excludes halogenated alkanes) is 3. The van der Waals surface area contributed by atoms with Crippen molar-refractivity contribution in [2.45, 2.75) is 39.0 Å². The first-order valence-corrected chi connectivity index (χ1v) is 7.60. The highest BCUT2D eigenvalue weighted by molar-refractivity contribution is 5.74. The highest BCUT2D eigenvalue weighted by Crippen LogP contribution is 2.03. The molecule has 0 saturated carbocycles. The summed E-state index contributed by atoms with van der Waals surface area (Å²) in [5, 5.41) is 11.7. The van der Waals surface area contributed by atoms with Crippen LogP contribution in [-0.2, 0) is 4.79 Å². The molecule has 0 bridgehead atoms. The first-order chi connectivity index (χ1) is 9.63. The van der Waals surface area contributed by atoms with E-state index < -0.39 is 5.97 Å². The fourth-order valence-corrected chi connectivity index (χ4v) is 2.38. The lowest BCUT2D eigenvalue weighted by molar-refractivity contribution is -0.138. The molecule has 2 N–H and O–H groups in total. The van der Waals surface area contributed by atoms with E-state index in [9.17, 15) is 9.59 Å². The number of urea groups is 1. The van der Waals surface area contributed by atoms with Crippen LogP contribution in [0.15, 0.2) is 0 Å². The zero-order valence-corrected chi connectivity index (χ0v) is 12.4. The van der Waals surface area contributed by atoms with E-state index in [0.717, 1.165) is 32.4 Å². The molecule has 6 nitrogen and oxygen atoms in total. The highest BCUT2D eigenvalue weighted by Gasteiger charge is 2.19.